The van der Waals surface area contributed by atoms with Gasteiger partial charge < -0.3 is 10.4 Å². The lowest BCUT2D eigenvalue weighted by Crippen LogP contribution is -2.39. The van der Waals surface area contributed by atoms with Crippen LogP contribution in [-0.4, -0.2) is 23.0 Å². The molecule has 2 atom stereocenters. The largest absolute Gasteiger partial charge is 0.481 e. The Balaban J connectivity index is 4.17. The van der Waals surface area contributed by atoms with E-state index in [9.17, 15) is 9.59 Å². The van der Waals surface area contributed by atoms with Crippen molar-refractivity contribution < 1.29 is 14.7 Å². The van der Waals surface area contributed by atoms with E-state index in [1.54, 1.807) is 0 Å². The van der Waals surface area contributed by atoms with Crippen LogP contribution >= 0.6 is 0 Å². The zero-order valence-corrected chi connectivity index (χ0v) is 8.33. The molecule has 1 amide bonds. The number of hydrogen-bond donors (Lipinski definition) is 2. The molecule has 0 saturated carbocycles. The Kier molecular flexibility index (Phi) is 5.11. The van der Waals surface area contributed by atoms with Gasteiger partial charge in [0.1, 0.15) is 0 Å². The molecule has 4 heteroatoms. The van der Waals surface area contributed by atoms with Crippen molar-refractivity contribution in [2.75, 3.05) is 0 Å². The van der Waals surface area contributed by atoms with Crippen LogP contribution in [0.25, 0.3) is 0 Å². The molecule has 0 bridgehead atoms. The molecule has 0 fully saturated rings. The van der Waals surface area contributed by atoms with Gasteiger partial charge in [0.05, 0.1) is 6.42 Å². The van der Waals surface area contributed by atoms with Crippen LogP contribution in [0, 0.1) is 5.92 Å². The third-order valence-corrected chi connectivity index (χ3v) is 2.11. The summed E-state index contributed by atoms with van der Waals surface area (Å²) in [6.07, 6.45) is 0.854. The highest BCUT2D eigenvalue weighted by molar-refractivity contribution is 5.74. The average Bonchev–Trinajstić information content (AvgIpc) is 2.00. The molecule has 2 N–H and O–H groups in total. The van der Waals surface area contributed by atoms with Gasteiger partial charge in [-0.25, -0.2) is 0 Å². The van der Waals surface area contributed by atoms with Crippen LogP contribution in [-0.2, 0) is 9.59 Å². The predicted octanol–water partition coefficient (Wildman–Crippen LogP) is 1.01. The number of hydrogen-bond acceptors (Lipinski definition) is 2. The Morgan fingerprint density at radius 1 is 1.46 bits per heavy atom. The van der Waals surface area contributed by atoms with Crippen molar-refractivity contribution in [1.29, 1.82) is 0 Å². The molecule has 0 aliphatic rings. The third-order valence-electron chi connectivity index (χ3n) is 2.11. The Morgan fingerprint density at radius 2 is 2.00 bits per heavy atom. The number of carboxylic acid groups (broad SMARTS) is 1. The predicted molar refractivity (Wildman–Crippen MR) is 49.3 cm³/mol. The molecule has 2 unspecified atom stereocenters. The molecule has 0 saturated heterocycles. The van der Waals surface area contributed by atoms with Gasteiger partial charge in [-0.05, 0) is 5.92 Å². The number of carbonyl (C=O) groups is 2. The number of nitrogens with one attached hydrogen (secondary N) is 1. The van der Waals surface area contributed by atoms with Crippen molar-refractivity contribution in [1.82, 2.24) is 5.32 Å². The summed E-state index contributed by atoms with van der Waals surface area (Å²) in [7, 11) is 0. The van der Waals surface area contributed by atoms with E-state index in [2.05, 4.69) is 5.32 Å². The Hall–Kier alpha value is -1.06. The van der Waals surface area contributed by atoms with Crippen molar-refractivity contribution >= 4 is 11.9 Å². The quantitative estimate of drug-likeness (QED) is 0.675. The topological polar surface area (TPSA) is 66.4 Å². The van der Waals surface area contributed by atoms with E-state index < -0.39 is 5.97 Å². The Bertz CT molecular complexity index is 175. The number of carboxylic acids is 1. The Morgan fingerprint density at radius 3 is 2.31 bits per heavy atom. The van der Waals surface area contributed by atoms with Crippen LogP contribution in [0.5, 0.6) is 0 Å². The minimum Gasteiger partial charge on any atom is -0.481 e. The highest BCUT2D eigenvalue weighted by atomic mass is 16.4. The summed E-state index contributed by atoms with van der Waals surface area (Å²) in [4.78, 5) is 21.2. The first-order valence-corrected chi connectivity index (χ1v) is 4.46. The maximum absolute atomic E-state index is 10.8. The van der Waals surface area contributed by atoms with Crippen LogP contribution in [0.15, 0.2) is 0 Å². The smallest absolute Gasteiger partial charge is 0.305 e. The summed E-state index contributed by atoms with van der Waals surface area (Å²) in [5.74, 6) is -0.856. The van der Waals surface area contributed by atoms with Gasteiger partial charge in [0.15, 0.2) is 0 Å². The summed E-state index contributed by atoms with van der Waals surface area (Å²) in [6.45, 7) is 5.31. The summed E-state index contributed by atoms with van der Waals surface area (Å²) < 4.78 is 0. The van der Waals surface area contributed by atoms with Crippen LogP contribution in [0.3, 0.4) is 0 Å². The lowest BCUT2D eigenvalue weighted by molar-refractivity contribution is -0.138. The van der Waals surface area contributed by atoms with E-state index in [0.29, 0.717) is 0 Å². The molecule has 13 heavy (non-hydrogen) atoms. The summed E-state index contributed by atoms with van der Waals surface area (Å²) in [6, 6.07) is -0.250. The highest BCUT2D eigenvalue weighted by Crippen LogP contribution is 2.10. The lowest BCUT2D eigenvalue weighted by atomic mass is 9.96. The fourth-order valence-corrected chi connectivity index (χ4v) is 1.13. The van der Waals surface area contributed by atoms with Crippen LogP contribution in [0.4, 0.5) is 0 Å². The molecule has 76 valence electrons. The summed E-state index contributed by atoms with van der Waals surface area (Å²) in [5.41, 5.74) is 0. The van der Waals surface area contributed by atoms with E-state index in [1.165, 1.54) is 6.92 Å². The molecule has 0 radical (unpaired) electrons. The lowest BCUT2D eigenvalue weighted by Gasteiger charge is -2.21. The normalized spacial score (nSPS) is 14.7. The molecule has 0 aromatic heterocycles. The summed E-state index contributed by atoms with van der Waals surface area (Å²) >= 11 is 0. The monoisotopic (exact) mass is 187 g/mol. The SMILES string of the molecule is CCC(C)C(CC(=O)O)NC(C)=O. The van der Waals surface area contributed by atoms with Gasteiger partial charge in [-0.2, -0.15) is 0 Å². The van der Waals surface area contributed by atoms with Crippen molar-refractivity contribution in [2.24, 2.45) is 5.92 Å². The van der Waals surface area contributed by atoms with Gasteiger partial charge in [0, 0.05) is 13.0 Å². The molecule has 0 spiro atoms. The first-order valence-electron chi connectivity index (χ1n) is 4.46. The maximum Gasteiger partial charge on any atom is 0.305 e. The van der Waals surface area contributed by atoms with E-state index in [4.69, 9.17) is 5.11 Å². The van der Waals surface area contributed by atoms with Gasteiger partial charge in [-0.1, -0.05) is 20.3 Å². The van der Waals surface area contributed by atoms with E-state index >= 15 is 0 Å². The van der Waals surface area contributed by atoms with Gasteiger partial charge in [0.2, 0.25) is 5.91 Å². The highest BCUT2D eigenvalue weighted by Gasteiger charge is 2.19. The fraction of sp³-hybridized carbons (Fsp3) is 0.778. The molecule has 0 aromatic carbocycles. The number of carbonyl (C=O) groups excluding carboxylic acids is 1. The zero-order valence-electron chi connectivity index (χ0n) is 8.33. The maximum atomic E-state index is 10.8. The first kappa shape index (κ1) is 11.9. The zero-order chi connectivity index (χ0) is 10.4. The van der Waals surface area contributed by atoms with Crippen molar-refractivity contribution in [3.05, 3.63) is 0 Å². The van der Waals surface area contributed by atoms with Gasteiger partial charge in [0.25, 0.3) is 0 Å². The first-order chi connectivity index (χ1) is 5.97. The number of amides is 1. The van der Waals surface area contributed by atoms with Crippen LogP contribution < -0.4 is 5.32 Å². The minimum absolute atomic E-state index is 0.00537. The van der Waals surface area contributed by atoms with E-state index in [-0.39, 0.29) is 24.3 Å². The molecule has 0 aliphatic carbocycles. The fourth-order valence-electron chi connectivity index (χ4n) is 1.13. The second-order valence-corrected chi connectivity index (χ2v) is 3.29. The minimum atomic E-state index is -0.876. The van der Waals surface area contributed by atoms with E-state index in [1.807, 2.05) is 13.8 Å². The molecule has 0 aromatic rings. The Labute approximate surface area is 78.3 Å². The molecule has 0 rings (SSSR count). The van der Waals surface area contributed by atoms with Gasteiger partial charge in [-0.15, -0.1) is 0 Å². The standard InChI is InChI=1S/C9H17NO3/c1-4-6(2)8(5-9(12)13)10-7(3)11/h6,8H,4-5H2,1-3H3,(H,10,11)(H,12,13). The van der Waals surface area contributed by atoms with E-state index in [0.717, 1.165) is 6.42 Å². The molecular formula is C9H17NO3. The van der Waals surface area contributed by atoms with Crippen molar-refractivity contribution in [2.45, 2.75) is 39.7 Å². The number of rotatable bonds is 5. The molecular weight excluding hydrogens is 170 g/mol. The van der Waals surface area contributed by atoms with Crippen LogP contribution in [0.1, 0.15) is 33.6 Å². The van der Waals surface area contributed by atoms with Gasteiger partial charge in [-0.3, -0.25) is 9.59 Å². The van der Waals surface area contributed by atoms with Crippen molar-refractivity contribution in [3.63, 3.8) is 0 Å². The third kappa shape index (κ3) is 5.22. The van der Waals surface area contributed by atoms with Crippen molar-refractivity contribution in [3.8, 4) is 0 Å². The second-order valence-electron chi connectivity index (χ2n) is 3.29. The van der Waals surface area contributed by atoms with Crippen LogP contribution in [0.2, 0.25) is 0 Å². The summed E-state index contributed by atoms with van der Waals surface area (Å²) in [5, 5.41) is 11.2. The van der Waals surface area contributed by atoms with Gasteiger partial charge >= 0.3 is 5.97 Å². The second kappa shape index (κ2) is 5.56. The molecule has 0 heterocycles. The number of aliphatic carboxylic acids is 1. The molecule has 0 aliphatic heterocycles. The average molecular weight is 187 g/mol. The molecule has 4 nitrogen and oxygen atoms in total.